The molecule has 0 bridgehead atoms. The van der Waals surface area contributed by atoms with E-state index >= 15 is 0 Å². The van der Waals surface area contributed by atoms with Gasteiger partial charge in [0.25, 0.3) is 0 Å². The maximum absolute atomic E-state index is 12.5. The lowest BCUT2D eigenvalue weighted by atomic mass is 9.97. The second-order valence-electron chi connectivity index (χ2n) is 7.00. The Labute approximate surface area is 144 Å². The van der Waals surface area contributed by atoms with Gasteiger partial charge in [0.2, 0.25) is 0 Å². The third kappa shape index (κ3) is 4.98. The molecule has 2 atom stereocenters. The van der Waals surface area contributed by atoms with Gasteiger partial charge >= 0.3 is 6.03 Å². The Balaban J connectivity index is 1.43. The van der Waals surface area contributed by atoms with Crippen molar-refractivity contribution in [3.8, 4) is 0 Å². The average molecular weight is 335 g/mol. The minimum atomic E-state index is 0.0562. The number of piperidine rings is 1. The number of carbonyl (C=O) groups excluding carboxylic acids is 1. The van der Waals surface area contributed by atoms with Crippen molar-refractivity contribution in [1.82, 2.24) is 15.1 Å². The summed E-state index contributed by atoms with van der Waals surface area (Å²) in [4.78, 5) is 17.0. The molecule has 2 unspecified atom stereocenters. The molecule has 2 aliphatic rings. The highest BCUT2D eigenvalue weighted by Gasteiger charge is 2.26. The van der Waals surface area contributed by atoms with Crippen LogP contribution in [0.25, 0.3) is 0 Å². The Kier molecular flexibility index (Phi) is 6.15. The molecule has 0 aromatic carbocycles. The number of furan rings is 1. The maximum atomic E-state index is 12.5. The molecule has 1 N–H and O–H groups in total. The minimum absolute atomic E-state index is 0.0562. The van der Waals surface area contributed by atoms with Crippen LogP contribution in [0, 0.1) is 5.92 Å². The third-order valence-electron chi connectivity index (χ3n) is 4.88. The molecule has 1 aromatic rings. The second kappa shape index (κ2) is 8.53. The fourth-order valence-electron chi connectivity index (χ4n) is 3.63. The van der Waals surface area contributed by atoms with E-state index in [1.54, 1.807) is 6.26 Å². The van der Waals surface area contributed by atoms with Gasteiger partial charge < -0.3 is 19.4 Å². The zero-order valence-corrected chi connectivity index (χ0v) is 14.6. The van der Waals surface area contributed by atoms with Crippen LogP contribution in [-0.4, -0.2) is 67.8 Å². The topological polar surface area (TPSA) is 58.0 Å². The molecule has 6 nitrogen and oxygen atoms in total. The summed E-state index contributed by atoms with van der Waals surface area (Å²) in [5, 5.41) is 3.11. The maximum Gasteiger partial charge on any atom is 0.317 e. The molecule has 0 radical (unpaired) electrons. The first-order valence-corrected chi connectivity index (χ1v) is 9.08. The van der Waals surface area contributed by atoms with Crippen LogP contribution < -0.4 is 5.32 Å². The van der Waals surface area contributed by atoms with E-state index in [1.165, 1.54) is 6.42 Å². The molecule has 0 spiro atoms. The summed E-state index contributed by atoms with van der Waals surface area (Å²) in [6.45, 7) is 8.52. The van der Waals surface area contributed by atoms with E-state index in [-0.39, 0.29) is 12.1 Å². The SMILES string of the molecule is CC(Cc1ccco1)NC(=O)N1CCCC(CN2CCOCC2)C1. The summed E-state index contributed by atoms with van der Waals surface area (Å²) in [6.07, 6.45) is 4.70. The summed E-state index contributed by atoms with van der Waals surface area (Å²) in [7, 11) is 0. The Morgan fingerprint density at radius 1 is 1.38 bits per heavy atom. The van der Waals surface area contributed by atoms with Gasteiger partial charge in [-0.05, 0) is 37.8 Å². The van der Waals surface area contributed by atoms with E-state index in [4.69, 9.17) is 9.15 Å². The highest BCUT2D eigenvalue weighted by Crippen LogP contribution is 2.18. The van der Waals surface area contributed by atoms with Gasteiger partial charge in [-0.25, -0.2) is 4.79 Å². The van der Waals surface area contributed by atoms with Crippen molar-refractivity contribution in [2.75, 3.05) is 45.9 Å². The first-order chi connectivity index (χ1) is 11.7. The van der Waals surface area contributed by atoms with Gasteiger partial charge in [0.05, 0.1) is 19.5 Å². The van der Waals surface area contributed by atoms with Crippen LogP contribution in [0.2, 0.25) is 0 Å². The lowest BCUT2D eigenvalue weighted by molar-refractivity contribution is 0.0248. The number of amides is 2. The van der Waals surface area contributed by atoms with Crippen LogP contribution in [0.4, 0.5) is 4.79 Å². The predicted octanol–water partition coefficient (Wildman–Crippen LogP) is 1.96. The number of carbonyl (C=O) groups is 1. The Morgan fingerprint density at radius 3 is 2.96 bits per heavy atom. The summed E-state index contributed by atoms with van der Waals surface area (Å²) in [5.74, 6) is 1.48. The summed E-state index contributed by atoms with van der Waals surface area (Å²) in [6, 6.07) is 3.95. The van der Waals surface area contributed by atoms with E-state index in [2.05, 4.69) is 10.2 Å². The minimum Gasteiger partial charge on any atom is -0.469 e. The van der Waals surface area contributed by atoms with E-state index in [1.807, 2.05) is 24.0 Å². The van der Waals surface area contributed by atoms with Crippen molar-refractivity contribution in [3.63, 3.8) is 0 Å². The quantitative estimate of drug-likeness (QED) is 0.894. The molecule has 3 rings (SSSR count). The second-order valence-corrected chi connectivity index (χ2v) is 7.00. The van der Waals surface area contributed by atoms with Crippen molar-refractivity contribution >= 4 is 6.03 Å². The Bertz CT molecular complexity index is 500. The van der Waals surface area contributed by atoms with Crippen LogP contribution in [0.1, 0.15) is 25.5 Å². The van der Waals surface area contributed by atoms with Crippen LogP contribution >= 0.6 is 0 Å². The van der Waals surface area contributed by atoms with E-state index in [0.717, 1.165) is 64.5 Å². The number of hydrogen-bond acceptors (Lipinski definition) is 4. The smallest absolute Gasteiger partial charge is 0.317 e. The fourth-order valence-corrected chi connectivity index (χ4v) is 3.63. The molecule has 0 aliphatic carbocycles. The number of nitrogens with zero attached hydrogens (tertiary/aromatic N) is 2. The third-order valence-corrected chi connectivity index (χ3v) is 4.88. The van der Waals surface area contributed by atoms with Crippen LogP contribution in [-0.2, 0) is 11.2 Å². The molecule has 1 aromatic heterocycles. The normalized spacial score (nSPS) is 23.9. The molecule has 134 valence electrons. The van der Waals surface area contributed by atoms with Gasteiger partial charge in [-0.1, -0.05) is 0 Å². The van der Waals surface area contributed by atoms with Crippen molar-refractivity contribution in [3.05, 3.63) is 24.2 Å². The van der Waals surface area contributed by atoms with Gasteiger partial charge in [-0.2, -0.15) is 0 Å². The van der Waals surface area contributed by atoms with Gasteiger partial charge in [-0.15, -0.1) is 0 Å². The zero-order valence-electron chi connectivity index (χ0n) is 14.6. The van der Waals surface area contributed by atoms with Crippen LogP contribution in [0.15, 0.2) is 22.8 Å². The predicted molar refractivity (Wildman–Crippen MR) is 92.0 cm³/mol. The number of ether oxygens (including phenoxy) is 1. The first kappa shape index (κ1) is 17.3. The van der Waals surface area contributed by atoms with Crippen LogP contribution in [0.5, 0.6) is 0 Å². The molecular weight excluding hydrogens is 306 g/mol. The van der Waals surface area contributed by atoms with Crippen molar-refractivity contribution < 1.29 is 13.9 Å². The lowest BCUT2D eigenvalue weighted by Gasteiger charge is -2.37. The first-order valence-electron chi connectivity index (χ1n) is 9.08. The zero-order chi connectivity index (χ0) is 16.8. The number of urea groups is 1. The largest absolute Gasteiger partial charge is 0.469 e. The number of nitrogens with one attached hydrogen (secondary N) is 1. The van der Waals surface area contributed by atoms with Crippen LogP contribution in [0.3, 0.4) is 0 Å². The van der Waals surface area contributed by atoms with E-state index in [0.29, 0.717) is 5.92 Å². The standard InChI is InChI=1S/C18H29N3O3/c1-15(12-17-5-3-9-24-17)19-18(22)21-6-2-4-16(14-21)13-20-7-10-23-11-8-20/h3,5,9,15-16H,2,4,6-8,10-14H2,1H3,(H,19,22). The molecule has 0 saturated carbocycles. The van der Waals surface area contributed by atoms with Gasteiger partial charge in [-0.3, -0.25) is 4.90 Å². The average Bonchev–Trinajstić information content (AvgIpc) is 3.09. The number of hydrogen-bond donors (Lipinski definition) is 1. The molecule has 2 aliphatic heterocycles. The molecule has 2 saturated heterocycles. The van der Waals surface area contributed by atoms with Gasteiger partial charge in [0.1, 0.15) is 5.76 Å². The van der Waals surface area contributed by atoms with E-state index in [9.17, 15) is 4.79 Å². The summed E-state index contributed by atoms with van der Waals surface area (Å²) < 4.78 is 10.8. The highest BCUT2D eigenvalue weighted by molar-refractivity contribution is 5.74. The number of rotatable bonds is 5. The summed E-state index contributed by atoms with van der Waals surface area (Å²) >= 11 is 0. The Hall–Kier alpha value is -1.53. The number of morpholine rings is 1. The Morgan fingerprint density at radius 2 is 2.21 bits per heavy atom. The molecular formula is C18H29N3O3. The molecule has 3 heterocycles. The van der Waals surface area contributed by atoms with Crippen molar-refractivity contribution in [1.29, 1.82) is 0 Å². The van der Waals surface area contributed by atoms with Gasteiger partial charge in [0.15, 0.2) is 0 Å². The summed E-state index contributed by atoms with van der Waals surface area (Å²) in [5.41, 5.74) is 0. The van der Waals surface area contributed by atoms with E-state index < -0.39 is 0 Å². The highest BCUT2D eigenvalue weighted by atomic mass is 16.5. The number of likely N-dealkylation sites (tertiary alicyclic amines) is 1. The van der Waals surface area contributed by atoms with Crippen molar-refractivity contribution in [2.45, 2.75) is 32.2 Å². The van der Waals surface area contributed by atoms with Crippen molar-refractivity contribution in [2.24, 2.45) is 5.92 Å². The molecule has 24 heavy (non-hydrogen) atoms. The molecule has 2 fully saturated rings. The lowest BCUT2D eigenvalue weighted by Crippen LogP contribution is -2.50. The fraction of sp³-hybridized carbons (Fsp3) is 0.722. The molecule has 2 amide bonds. The monoisotopic (exact) mass is 335 g/mol. The molecule has 6 heteroatoms. The van der Waals surface area contributed by atoms with Gasteiger partial charge in [0, 0.05) is 45.2 Å².